The third kappa shape index (κ3) is 3.45. The molecule has 0 radical (unpaired) electrons. The zero-order chi connectivity index (χ0) is 15.4. The molecule has 1 aliphatic rings. The van der Waals surface area contributed by atoms with Gasteiger partial charge in [0.15, 0.2) is 17.7 Å². The summed E-state index contributed by atoms with van der Waals surface area (Å²) in [4.78, 5) is 23.8. The number of nitrogens with one attached hydrogen (secondary N) is 1. The van der Waals surface area contributed by atoms with E-state index in [1.165, 1.54) is 6.07 Å². The Morgan fingerprint density at radius 3 is 2.62 bits per heavy atom. The summed E-state index contributed by atoms with van der Waals surface area (Å²) in [5.74, 6) is -3.25. The van der Waals surface area contributed by atoms with E-state index < -0.39 is 29.6 Å². The van der Waals surface area contributed by atoms with E-state index in [-0.39, 0.29) is 5.56 Å². The fourth-order valence-electron chi connectivity index (χ4n) is 2.19. The van der Waals surface area contributed by atoms with Crippen LogP contribution in [0.3, 0.4) is 0 Å². The summed E-state index contributed by atoms with van der Waals surface area (Å²) < 4.78 is 30.9. The van der Waals surface area contributed by atoms with Gasteiger partial charge in [0.25, 0.3) is 0 Å². The molecule has 6 heteroatoms. The molecular weight excluding hydrogens is 280 g/mol. The maximum Gasteiger partial charge on any atom is 0.333 e. The van der Waals surface area contributed by atoms with Crippen LogP contribution in [0.1, 0.15) is 30.9 Å². The topological polar surface area (TPSA) is 55.4 Å². The molecular formula is C15H15F2NO3. The van der Waals surface area contributed by atoms with Gasteiger partial charge >= 0.3 is 5.97 Å². The zero-order valence-corrected chi connectivity index (χ0v) is 11.5. The molecule has 1 amide bonds. The second-order valence-electron chi connectivity index (χ2n) is 4.72. The smallest absolute Gasteiger partial charge is 0.333 e. The van der Waals surface area contributed by atoms with Crippen LogP contribution in [-0.2, 0) is 14.3 Å². The molecule has 0 spiro atoms. The van der Waals surface area contributed by atoms with Crippen LogP contribution in [0.15, 0.2) is 29.8 Å². The Morgan fingerprint density at radius 2 is 2.05 bits per heavy atom. The average molecular weight is 295 g/mol. The number of halogens is 2. The number of methoxy groups -OCH3 is 1. The summed E-state index contributed by atoms with van der Waals surface area (Å²) in [5.41, 5.74) is 0.721. The number of carbonyl (C=O) groups excluding carboxylic acids is 2. The van der Waals surface area contributed by atoms with Crippen LogP contribution in [0.25, 0.3) is 0 Å². The van der Waals surface area contributed by atoms with Gasteiger partial charge in [-0.15, -0.1) is 0 Å². The second kappa shape index (κ2) is 6.47. The maximum absolute atomic E-state index is 13.3. The highest BCUT2D eigenvalue weighted by atomic mass is 19.2. The minimum Gasteiger partial charge on any atom is -0.467 e. The predicted molar refractivity (Wildman–Crippen MR) is 71.2 cm³/mol. The molecule has 112 valence electrons. The van der Waals surface area contributed by atoms with Crippen molar-refractivity contribution in [3.63, 3.8) is 0 Å². The van der Waals surface area contributed by atoms with Crippen LogP contribution >= 0.6 is 0 Å². The van der Waals surface area contributed by atoms with Crippen molar-refractivity contribution in [3.05, 3.63) is 47.0 Å². The second-order valence-corrected chi connectivity index (χ2v) is 4.72. The molecule has 1 aliphatic carbocycles. The summed E-state index contributed by atoms with van der Waals surface area (Å²) in [7, 11) is 1.16. The van der Waals surface area contributed by atoms with Gasteiger partial charge in [0.1, 0.15) is 0 Å². The third-order valence-corrected chi connectivity index (χ3v) is 3.32. The van der Waals surface area contributed by atoms with Gasteiger partial charge in [-0.2, -0.15) is 0 Å². The number of carbonyl (C=O) groups is 2. The molecule has 1 unspecified atom stereocenters. The van der Waals surface area contributed by atoms with Gasteiger partial charge in [0.2, 0.25) is 5.91 Å². The van der Waals surface area contributed by atoms with Crippen molar-refractivity contribution < 1.29 is 23.1 Å². The normalized spacial score (nSPS) is 15.3. The number of hydrogen-bond donors (Lipinski definition) is 1. The first-order chi connectivity index (χ1) is 10.0. The van der Waals surface area contributed by atoms with Gasteiger partial charge in [-0.3, -0.25) is 4.79 Å². The minimum absolute atomic E-state index is 0.132. The Morgan fingerprint density at radius 1 is 1.29 bits per heavy atom. The van der Waals surface area contributed by atoms with Crippen LogP contribution < -0.4 is 5.32 Å². The Bertz CT molecular complexity index is 599. The number of esters is 1. The van der Waals surface area contributed by atoms with Crippen molar-refractivity contribution in [2.45, 2.75) is 25.3 Å². The summed E-state index contributed by atoms with van der Waals surface area (Å²) in [6, 6.07) is 1.85. The summed E-state index contributed by atoms with van der Waals surface area (Å²) >= 11 is 0. The standard InChI is InChI=1S/C15H15F2NO3/c1-21-15(20)13(10-6-7-11(16)12(17)8-10)18-14(19)9-4-2-3-5-9/h4,6-8,13H,2-3,5H2,1H3,(H,18,19). The van der Waals surface area contributed by atoms with E-state index in [0.717, 1.165) is 32.1 Å². The van der Waals surface area contributed by atoms with E-state index in [0.29, 0.717) is 12.0 Å². The Hall–Kier alpha value is -2.24. The van der Waals surface area contributed by atoms with Crippen molar-refractivity contribution in [1.29, 1.82) is 0 Å². The van der Waals surface area contributed by atoms with Crippen molar-refractivity contribution in [1.82, 2.24) is 5.32 Å². The lowest BCUT2D eigenvalue weighted by Gasteiger charge is -2.17. The first-order valence-corrected chi connectivity index (χ1v) is 6.55. The van der Waals surface area contributed by atoms with Gasteiger partial charge in [-0.05, 0) is 37.0 Å². The molecule has 0 bridgehead atoms. The summed E-state index contributed by atoms with van der Waals surface area (Å²) in [6.07, 6.45) is 4.14. The number of ether oxygens (including phenoxy) is 1. The maximum atomic E-state index is 13.3. The van der Waals surface area contributed by atoms with Crippen molar-refractivity contribution in [2.75, 3.05) is 7.11 Å². The first kappa shape index (κ1) is 15.2. The summed E-state index contributed by atoms with van der Waals surface area (Å²) in [6.45, 7) is 0. The van der Waals surface area contributed by atoms with Crippen LogP contribution in [0.2, 0.25) is 0 Å². The molecule has 1 N–H and O–H groups in total. The highest BCUT2D eigenvalue weighted by molar-refractivity contribution is 5.96. The molecule has 0 heterocycles. The van der Waals surface area contributed by atoms with Crippen LogP contribution in [0.4, 0.5) is 8.78 Å². The molecule has 0 saturated heterocycles. The fourth-order valence-corrected chi connectivity index (χ4v) is 2.19. The quantitative estimate of drug-likeness (QED) is 0.868. The third-order valence-electron chi connectivity index (χ3n) is 3.32. The largest absolute Gasteiger partial charge is 0.467 e. The molecule has 1 aromatic rings. The molecule has 4 nitrogen and oxygen atoms in total. The molecule has 0 saturated carbocycles. The Kier molecular flexibility index (Phi) is 4.67. The number of allylic oxidation sites excluding steroid dienone is 1. The van der Waals surface area contributed by atoms with Gasteiger partial charge in [-0.25, -0.2) is 13.6 Å². The highest BCUT2D eigenvalue weighted by Crippen LogP contribution is 2.21. The molecule has 1 atom stereocenters. The van der Waals surface area contributed by atoms with Crippen LogP contribution in [0, 0.1) is 11.6 Å². The first-order valence-electron chi connectivity index (χ1n) is 6.55. The lowest BCUT2D eigenvalue weighted by molar-refractivity contribution is -0.144. The average Bonchev–Trinajstić information content (AvgIpc) is 3.01. The van der Waals surface area contributed by atoms with Crippen molar-refractivity contribution in [2.24, 2.45) is 0 Å². The van der Waals surface area contributed by atoms with E-state index in [4.69, 9.17) is 0 Å². The van der Waals surface area contributed by atoms with E-state index in [1.807, 2.05) is 0 Å². The van der Waals surface area contributed by atoms with Gasteiger partial charge in [0.05, 0.1) is 7.11 Å². The SMILES string of the molecule is COC(=O)C(NC(=O)C1=CCCC1)c1ccc(F)c(F)c1. The summed E-state index contributed by atoms with van der Waals surface area (Å²) in [5, 5.41) is 2.50. The Balaban J connectivity index is 2.23. The molecule has 0 aromatic heterocycles. The van der Waals surface area contributed by atoms with Gasteiger partial charge in [-0.1, -0.05) is 12.1 Å². The number of rotatable bonds is 4. The zero-order valence-electron chi connectivity index (χ0n) is 11.5. The van der Waals surface area contributed by atoms with Crippen LogP contribution in [-0.4, -0.2) is 19.0 Å². The number of amides is 1. The number of hydrogen-bond acceptors (Lipinski definition) is 3. The van der Waals surface area contributed by atoms with Crippen molar-refractivity contribution >= 4 is 11.9 Å². The van der Waals surface area contributed by atoms with Crippen LogP contribution in [0.5, 0.6) is 0 Å². The molecule has 1 aromatic carbocycles. The molecule has 0 fully saturated rings. The molecule has 2 rings (SSSR count). The lowest BCUT2D eigenvalue weighted by atomic mass is 10.1. The van der Waals surface area contributed by atoms with Crippen molar-refractivity contribution in [3.8, 4) is 0 Å². The number of benzene rings is 1. The Labute approximate surface area is 120 Å². The van der Waals surface area contributed by atoms with E-state index in [1.54, 1.807) is 6.08 Å². The molecule has 21 heavy (non-hydrogen) atoms. The minimum atomic E-state index is -1.17. The van der Waals surface area contributed by atoms with E-state index in [2.05, 4.69) is 10.1 Å². The van der Waals surface area contributed by atoms with Gasteiger partial charge in [0, 0.05) is 5.57 Å². The lowest BCUT2D eigenvalue weighted by Crippen LogP contribution is -2.35. The monoisotopic (exact) mass is 295 g/mol. The predicted octanol–water partition coefficient (Wildman–Crippen LogP) is 2.41. The highest BCUT2D eigenvalue weighted by Gasteiger charge is 2.26. The fraction of sp³-hybridized carbons (Fsp3) is 0.333. The van der Waals surface area contributed by atoms with Gasteiger partial charge < -0.3 is 10.1 Å². The van der Waals surface area contributed by atoms with E-state index >= 15 is 0 Å². The molecule has 0 aliphatic heterocycles. The van der Waals surface area contributed by atoms with E-state index in [9.17, 15) is 18.4 Å².